The third-order valence-corrected chi connectivity index (χ3v) is 3.80. The second-order valence-corrected chi connectivity index (χ2v) is 4.55. The van der Waals surface area contributed by atoms with Gasteiger partial charge in [-0.05, 0) is 25.0 Å². The molecule has 0 bridgehead atoms. The molecule has 2 N–H and O–H groups in total. The molecule has 0 unspecified atom stereocenters. The van der Waals surface area contributed by atoms with E-state index < -0.39 is 0 Å². The predicted octanol–water partition coefficient (Wildman–Crippen LogP) is 2.28. The number of hydrogen-bond acceptors (Lipinski definition) is 3. The number of para-hydroxylation sites is 1. The zero-order chi connectivity index (χ0) is 13.0. The maximum Gasteiger partial charge on any atom is 0.144 e. The average molecular weight is 244 g/mol. The molecule has 18 heavy (non-hydrogen) atoms. The Balaban J connectivity index is 2.51. The Morgan fingerprint density at radius 1 is 1.17 bits per heavy atom. The maximum absolute atomic E-state index is 5.99. The second kappa shape index (κ2) is 5.31. The van der Waals surface area contributed by atoms with Crippen LogP contribution in [0.5, 0.6) is 0 Å². The van der Waals surface area contributed by atoms with Crippen molar-refractivity contribution in [1.29, 1.82) is 0 Å². The summed E-state index contributed by atoms with van der Waals surface area (Å²) in [5, 5.41) is 8.38. The first-order valence-corrected chi connectivity index (χ1v) is 6.43. The molecule has 0 fully saturated rings. The van der Waals surface area contributed by atoms with Crippen molar-refractivity contribution in [1.82, 2.24) is 14.8 Å². The largest absolute Gasteiger partial charge is 0.329 e. The molecule has 0 aliphatic heterocycles. The van der Waals surface area contributed by atoms with E-state index in [-0.39, 0.29) is 5.41 Å². The van der Waals surface area contributed by atoms with E-state index in [1.807, 2.05) is 22.8 Å². The summed E-state index contributed by atoms with van der Waals surface area (Å²) in [6.07, 6.45) is 3.69. The number of rotatable bonds is 5. The first-order valence-electron chi connectivity index (χ1n) is 6.43. The van der Waals surface area contributed by atoms with E-state index in [1.165, 1.54) is 0 Å². The van der Waals surface area contributed by atoms with Gasteiger partial charge in [0.1, 0.15) is 12.2 Å². The van der Waals surface area contributed by atoms with Crippen LogP contribution in [0.25, 0.3) is 5.69 Å². The zero-order valence-electron chi connectivity index (χ0n) is 11.0. The lowest BCUT2D eigenvalue weighted by atomic mass is 9.81. The molecule has 0 aliphatic rings. The highest BCUT2D eigenvalue weighted by atomic mass is 15.3. The highest BCUT2D eigenvalue weighted by molar-refractivity contribution is 5.33. The minimum absolute atomic E-state index is 0.0909. The third kappa shape index (κ3) is 2.04. The van der Waals surface area contributed by atoms with Gasteiger partial charge in [-0.2, -0.15) is 0 Å². The molecule has 0 amide bonds. The second-order valence-electron chi connectivity index (χ2n) is 4.55. The van der Waals surface area contributed by atoms with Crippen LogP contribution in [0.3, 0.4) is 0 Å². The summed E-state index contributed by atoms with van der Waals surface area (Å²) in [5.41, 5.74) is 6.98. The number of nitrogens with zero attached hydrogens (tertiary/aromatic N) is 3. The van der Waals surface area contributed by atoms with Gasteiger partial charge in [-0.1, -0.05) is 32.0 Å². The standard InChI is InChI=1S/C14H20N4/c1-3-14(4-2,10-15)13-17-16-11-18(13)12-8-6-5-7-9-12/h5-9,11H,3-4,10,15H2,1-2H3. The van der Waals surface area contributed by atoms with Gasteiger partial charge >= 0.3 is 0 Å². The molecule has 4 heteroatoms. The van der Waals surface area contributed by atoms with Crippen LogP contribution >= 0.6 is 0 Å². The molecule has 1 heterocycles. The summed E-state index contributed by atoms with van der Waals surface area (Å²) in [5.74, 6) is 0.959. The monoisotopic (exact) mass is 244 g/mol. The molecular weight excluding hydrogens is 224 g/mol. The fraction of sp³-hybridized carbons (Fsp3) is 0.429. The van der Waals surface area contributed by atoms with Gasteiger partial charge in [-0.15, -0.1) is 10.2 Å². The van der Waals surface area contributed by atoms with Crippen molar-refractivity contribution in [2.75, 3.05) is 6.54 Å². The van der Waals surface area contributed by atoms with Crippen molar-refractivity contribution in [3.63, 3.8) is 0 Å². The van der Waals surface area contributed by atoms with Crippen molar-refractivity contribution in [3.05, 3.63) is 42.5 Å². The van der Waals surface area contributed by atoms with Crippen LogP contribution in [0.1, 0.15) is 32.5 Å². The molecule has 4 nitrogen and oxygen atoms in total. The fourth-order valence-electron chi connectivity index (χ4n) is 2.32. The molecule has 0 saturated carbocycles. The van der Waals surface area contributed by atoms with Crippen LogP contribution in [-0.2, 0) is 5.41 Å². The third-order valence-electron chi connectivity index (χ3n) is 3.80. The Kier molecular flexibility index (Phi) is 3.77. The molecule has 0 atom stereocenters. The Morgan fingerprint density at radius 3 is 2.39 bits per heavy atom. The van der Waals surface area contributed by atoms with Gasteiger partial charge in [-0.25, -0.2) is 0 Å². The lowest BCUT2D eigenvalue weighted by Crippen LogP contribution is -2.36. The fourth-order valence-corrected chi connectivity index (χ4v) is 2.32. The molecule has 1 aromatic carbocycles. The van der Waals surface area contributed by atoms with Crippen molar-refractivity contribution >= 4 is 0 Å². The van der Waals surface area contributed by atoms with Crippen molar-refractivity contribution < 1.29 is 0 Å². The van der Waals surface area contributed by atoms with Crippen LogP contribution in [-0.4, -0.2) is 21.3 Å². The van der Waals surface area contributed by atoms with E-state index in [9.17, 15) is 0 Å². The smallest absolute Gasteiger partial charge is 0.144 e. The summed E-state index contributed by atoms with van der Waals surface area (Å²) in [4.78, 5) is 0. The van der Waals surface area contributed by atoms with Crippen molar-refractivity contribution in [3.8, 4) is 5.69 Å². The Bertz CT molecular complexity index is 477. The van der Waals surface area contributed by atoms with Gasteiger partial charge in [0.25, 0.3) is 0 Å². The summed E-state index contributed by atoms with van der Waals surface area (Å²) in [6, 6.07) is 10.1. The van der Waals surface area contributed by atoms with E-state index >= 15 is 0 Å². The van der Waals surface area contributed by atoms with Gasteiger partial charge in [0.05, 0.1) is 0 Å². The van der Waals surface area contributed by atoms with Crippen LogP contribution in [0.2, 0.25) is 0 Å². The minimum Gasteiger partial charge on any atom is -0.329 e. The highest BCUT2D eigenvalue weighted by Gasteiger charge is 2.32. The average Bonchev–Trinajstić information content (AvgIpc) is 2.93. The van der Waals surface area contributed by atoms with Gasteiger partial charge in [0.15, 0.2) is 0 Å². The topological polar surface area (TPSA) is 56.7 Å². The Morgan fingerprint density at radius 2 is 1.83 bits per heavy atom. The van der Waals surface area contributed by atoms with E-state index in [0.29, 0.717) is 6.54 Å². The van der Waals surface area contributed by atoms with Crippen molar-refractivity contribution in [2.45, 2.75) is 32.1 Å². The van der Waals surface area contributed by atoms with E-state index in [4.69, 9.17) is 5.73 Å². The van der Waals surface area contributed by atoms with Gasteiger partial charge in [-0.3, -0.25) is 4.57 Å². The Labute approximate surface area is 108 Å². The summed E-state index contributed by atoms with van der Waals surface area (Å²) in [6.45, 7) is 4.90. The molecule has 0 radical (unpaired) electrons. The first-order chi connectivity index (χ1) is 8.77. The molecule has 2 rings (SSSR count). The van der Waals surface area contributed by atoms with Crippen LogP contribution in [0, 0.1) is 0 Å². The minimum atomic E-state index is -0.0909. The number of hydrogen-bond donors (Lipinski definition) is 1. The molecule has 96 valence electrons. The van der Waals surface area contributed by atoms with Crippen LogP contribution < -0.4 is 5.73 Å². The SMILES string of the molecule is CCC(CC)(CN)c1nncn1-c1ccccc1. The predicted molar refractivity (Wildman–Crippen MR) is 72.7 cm³/mol. The van der Waals surface area contributed by atoms with Crippen LogP contribution in [0.4, 0.5) is 0 Å². The van der Waals surface area contributed by atoms with Gasteiger partial charge < -0.3 is 5.73 Å². The molecule has 0 aliphatic carbocycles. The van der Waals surface area contributed by atoms with Crippen molar-refractivity contribution in [2.24, 2.45) is 5.73 Å². The summed E-state index contributed by atoms with van der Waals surface area (Å²) < 4.78 is 2.04. The van der Waals surface area contributed by atoms with E-state index in [1.54, 1.807) is 6.33 Å². The highest BCUT2D eigenvalue weighted by Crippen LogP contribution is 2.30. The lowest BCUT2D eigenvalue weighted by molar-refractivity contribution is 0.376. The maximum atomic E-state index is 5.99. The van der Waals surface area contributed by atoms with E-state index in [0.717, 1.165) is 24.4 Å². The normalized spacial score (nSPS) is 11.7. The van der Waals surface area contributed by atoms with Crippen LogP contribution in [0.15, 0.2) is 36.7 Å². The number of aromatic nitrogens is 3. The van der Waals surface area contributed by atoms with E-state index in [2.05, 4.69) is 36.2 Å². The summed E-state index contributed by atoms with van der Waals surface area (Å²) >= 11 is 0. The summed E-state index contributed by atoms with van der Waals surface area (Å²) in [7, 11) is 0. The molecule has 2 aromatic rings. The van der Waals surface area contributed by atoms with Gasteiger partial charge in [0, 0.05) is 17.6 Å². The van der Waals surface area contributed by atoms with Gasteiger partial charge in [0.2, 0.25) is 0 Å². The molecule has 1 aromatic heterocycles. The molecular formula is C14H20N4. The zero-order valence-corrected chi connectivity index (χ0v) is 11.0. The number of nitrogens with two attached hydrogens (primary N) is 1. The Hall–Kier alpha value is -1.68. The first kappa shape index (κ1) is 12.8. The lowest BCUT2D eigenvalue weighted by Gasteiger charge is -2.29. The molecule has 0 saturated heterocycles. The quantitative estimate of drug-likeness (QED) is 0.878. The molecule has 0 spiro atoms. The number of benzene rings is 1.